The van der Waals surface area contributed by atoms with Gasteiger partial charge in [0, 0.05) is 49.6 Å². The Morgan fingerprint density at radius 3 is 2.44 bits per heavy atom. The number of nitro groups is 1. The number of hydrogen-bond acceptors (Lipinski definition) is 7. The first-order chi connectivity index (χ1) is 12.6. The summed E-state index contributed by atoms with van der Waals surface area (Å²) in [5.41, 5.74) is -0.135. The van der Waals surface area contributed by atoms with Crippen molar-refractivity contribution in [3.05, 3.63) is 33.9 Å². The fourth-order valence-electron chi connectivity index (χ4n) is 2.43. The van der Waals surface area contributed by atoms with Crippen molar-refractivity contribution in [2.75, 3.05) is 26.2 Å². The van der Waals surface area contributed by atoms with Gasteiger partial charge in [0.05, 0.1) is 4.92 Å². The van der Waals surface area contributed by atoms with Gasteiger partial charge in [-0.15, -0.1) is 0 Å². The molecule has 27 heavy (non-hydrogen) atoms. The summed E-state index contributed by atoms with van der Waals surface area (Å²) in [6.07, 6.45) is -0.331. The Hall–Kier alpha value is -2.07. The standard InChI is InChI=1S/C17H23N3O5S2/c1-17(2,3)25-15(22)18-6-8-19(9-7-18)16(26)27-11-12-10-13(20(23)24)4-5-14(12)21/h4-5,10,21H,6-9,11H2,1-3H3. The number of carbonyl (C=O) groups excluding carboxylic acids is 1. The van der Waals surface area contributed by atoms with Gasteiger partial charge in [-0.2, -0.15) is 0 Å². The fourth-order valence-corrected chi connectivity index (χ4v) is 3.66. The normalized spacial score (nSPS) is 14.8. The maximum Gasteiger partial charge on any atom is 0.410 e. The van der Waals surface area contributed by atoms with Crippen molar-refractivity contribution in [2.24, 2.45) is 0 Å². The number of carbonyl (C=O) groups is 1. The van der Waals surface area contributed by atoms with Gasteiger partial charge in [0.25, 0.3) is 5.69 Å². The molecule has 0 spiro atoms. The second-order valence-electron chi connectivity index (χ2n) is 7.08. The zero-order valence-electron chi connectivity index (χ0n) is 15.5. The van der Waals surface area contributed by atoms with Gasteiger partial charge in [0.1, 0.15) is 15.7 Å². The van der Waals surface area contributed by atoms with Crippen molar-refractivity contribution >= 4 is 40.1 Å². The molecule has 148 valence electrons. The van der Waals surface area contributed by atoms with E-state index in [-0.39, 0.29) is 17.5 Å². The maximum atomic E-state index is 12.1. The quantitative estimate of drug-likeness (QED) is 0.458. The predicted molar refractivity (Wildman–Crippen MR) is 108 cm³/mol. The summed E-state index contributed by atoms with van der Waals surface area (Å²) in [7, 11) is 0. The topological polar surface area (TPSA) is 96.2 Å². The SMILES string of the molecule is CC(C)(C)OC(=O)N1CCN(C(=S)SCc2cc([N+](=O)[O-])ccc2O)CC1. The Labute approximate surface area is 167 Å². The molecule has 0 radical (unpaired) electrons. The van der Waals surface area contributed by atoms with Crippen LogP contribution in [0.1, 0.15) is 26.3 Å². The summed E-state index contributed by atoms with van der Waals surface area (Å²) in [4.78, 5) is 26.1. The van der Waals surface area contributed by atoms with Gasteiger partial charge in [-0.3, -0.25) is 10.1 Å². The van der Waals surface area contributed by atoms with E-state index in [0.29, 0.717) is 41.8 Å². The molecule has 0 saturated carbocycles. The minimum atomic E-state index is -0.528. The van der Waals surface area contributed by atoms with Crippen LogP contribution >= 0.6 is 24.0 Å². The Bertz CT molecular complexity index is 728. The highest BCUT2D eigenvalue weighted by atomic mass is 32.2. The van der Waals surface area contributed by atoms with E-state index in [2.05, 4.69) is 0 Å². The fraction of sp³-hybridized carbons (Fsp3) is 0.529. The molecule has 0 bridgehead atoms. The lowest BCUT2D eigenvalue weighted by atomic mass is 10.2. The van der Waals surface area contributed by atoms with Gasteiger partial charge >= 0.3 is 6.09 Å². The maximum absolute atomic E-state index is 12.1. The van der Waals surface area contributed by atoms with Crippen LogP contribution in [0, 0.1) is 10.1 Å². The van der Waals surface area contributed by atoms with E-state index >= 15 is 0 Å². The number of rotatable bonds is 3. The third-order valence-corrected chi connectivity index (χ3v) is 5.39. The van der Waals surface area contributed by atoms with Crippen LogP contribution in [-0.2, 0) is 10.5 Å². The monoisotopic (exact) mass is 413 g/mol. The molecule has 1 amide bonds. The number of piperazine rings is 1. The molecule has 1 N–H and O–H groups in total. The number of hydrogen-bond donors (Lipinski definition) is 1. The second-order valence-corrected chi connectivity index (χ2v) is 8.69. The second kappa shape index (κ2) is 8.75. The van der Waals surface area contributed by atoms with Crippen molar-refractivity contribution in [3.63, 3.8) is 0 Å². The average Bonchev–Trinajstić information content (AvgIpc) is 2.59. The van der Waals surface area contributed by atoms with Crippen molar-refractivity contribution in [1.82, 2.24) is 9.80 Å². The third kappa shape index (κ3) is 6.24. The molecule has 0 unspecified atom stereocenters. The third-order valence-electron chi connectivity index (χ3n) is 3.81. The van der Waals surface area contributed by atoms with E-state index in [1.807, 2.05) is 25.7 Å². The molecule has 8 nitrogen and oxygen atoms in total. The van der Waals surface area contributed by atoms with E-state index in [1.165, 1.54) is 30.0 Å². The number of benzene rings is 1. The number of nitrogens with zero attached hydrogens (tertiary/aromatic N) is 3. The molecule has 1 aromatic carbocycles. The number of nitro benzene ring substituents is 1. The lowest BCUT2D eigenvalue weighted by Crippen LogP contribution is -2.50. The van der Waals surface area contributed by atoms with Gasteiger partial charge in [-0.25, -0.2) is 4.79 Å². The molecule has 0 atom stereocenters. The zero-order valence-corrected chi connectivity index (χ0v) is 17.1. The molecule has 1 aromatic rings. The Morgan fingerprint density at radius 2 is 1.89 bits per heavy atom. The van der Waals surface area contributed by atoms with Crippen LogP contribution in [-0.4, -0.2) is 62.0 Å². The molecular weight excluding hydrogens is 390 g/mol. The molecule has 1 heterocycles. The highest BCUT2D eigenvalue weighted by molar-refractivity contribution is 8.22. The van der Waals surface area contributed by atoms with Gasteiger partial charge in [-0.1, -0.05) is 24.0 Å². The largest absolute Gasteiger partial charge is 0.508 e. The minimum Gasteiger partial charge on any atom is -0.508 e. The van der Waals surface area contributed by atoms with Gasteiger partial charge in [-0.05, 0) is 26.8 Å². The number of thiocarbonyl (C=S) groups is 1. The van der Waals surface area contributed by atoms with E-state index < -0.39 is 10.5 Å². The van der Waals surface area contributed by atoms with Crippen LogP contribution in [0.5, 0.6) is 5.75 Å². The average molecular weight is 414 g/mol. The van der Waals surface area contributed by atoms with Crippen LogP contribution in [0.4, 0.5) is 10.5 Å². The highest BCUT2D eigenvalue weighted by Gasteiger charge is 2.26. The number of ether oxygens (including phenoxy) is 1. The summed E-state index contributed by atoms with van der Waals surface area (Å²) >= 11 is 6.76. The first-order valence-electron chi connectivity index (χ1n) is 8.43. The number of non-ortho nitro benzene ring substituents is 1. The van der Waals surface area contributed by atoms with Crippen LogP contribution in [0.2, 0.25) is 0 Å². The molecule has 0 aromatic heterocycles. The van der Waals surface area contributed by atoms with Gasteiger partial charge < -0.3 is 19.6 Å². The first kappa shape index (κ1) is 21.2. The van der Waals surface area contributed by atoms with Crippen LogP contribution < -0.4 is 0 Å². The van der Waals surface area contributed by atoms with Gasteiger partial charge in [0.15, 0.2) is 0 Å². The Kier molecular flexibility index (Phi) is 6.88. The van der Waals surface area contributed by atoms with Crippen molar-refractivity contribution < 1.29 is 19.6 Å². The number of phenols is 1. The zero-order chi connectivity index (χ0) is 20.2. The Balaban J connectivity index is 1.86. The lowest BCUT2D eigenvalue weighted by molar-refractivity contribution is -0.384. The molecule has 1 fully saturated rings. The summed E-state index contributed by atoms with van der Waals surface area (Å²) in [6, 6.07) is 3.93. The number of aromatic hydroxyl groups is 1. The van der Waals surface area contributed by atoms with E-state index in [9.17, 15) is 20.0 Å². The lowest BCUT2D eigenvalue weighted by Gasteiger charge is -2.36. The molecule has 2 rings (SSSR count). The van der Waals surface area contributed by atoms with Crippen molar-refractivity contribution in [1.29, 1.82) is 0 Å². The molecule has 1 aliphatic rings. The van der Waals surface area contributed by atoms with Crippen LogP contribution in [0.25, 0.3) is 0 Å². The summed E-state index contributed by atoms with van der Waals surface area (Å²) in [5.74, 6) is 0.337. The van der Waals surface area contributed by atoms with E-state index in [4.69, 9.17) is 17.0 Å². The minimum absolute atomic E-state index is 0.00523. The molecular formula is C17H23N3O5S2. The van der Waals surface area contributed by atoms with Crippen LogP contribution in [0.3, 0.4) is 0 Å². The molecule has 0 aliphatic carbocycles. The summed E-state index contributed by atoms with van der Waals surface area (Å²) < 4.78 is 6.00. The summed E-state index contributed by atoms with van der Waals surface area (Å²) in [6.45, 7) is 7.69. The van der Waals surface area contributed by atoms with E-state index in [1.54, 1.807) is 4.90 Å². The van der Waals surface area contributed by atoms with Gasteiger partial charge in [0.2, 0.25) is 0 Å². The van der Waals surface area contributed by atoms with E-state index in [0.717, 1.165) is 0 Å². The number of phenolic OH excluding ortho intramolecular Hbond substituents is 1. The van der Waals surface area contributed by atoms with Crippen molar-refractivity contribution in [2.45, 2.75) is 32.1 Å². The molecule has 1 saturated heterocycles. The molecule has 1 aliphatic heterocycles. The first-order valence-corrected chi connectivity index (χ1v) is 9.82. The predicted octanol–water partition coefficient (Wildman–Crippen LogP) is 3.37. The summed E-state index contributed by atoms with van der Waals surface area (Å²) in [5, 5.41) is 20.7. The van der Waals surface area contributed by atoms with Crippen LogP contribution in [0.15, 0.2) is 18.2 Å². The smallest absolute Gasteiger partial charge is 0.410 e. The van der Waals surface area contributed by atoms with Crippen molar-refractivity contribution in [3.8, 4) is 5.75 Å². The highest BCUT2D eigenvalue weighted by Crippen LogP contribution is 2.28. The number of thioether (sulfide) groups is 1. The number of amides is 1. The molecule has 10 heteroatoms. The Morgan fingerprint density at radius 1 is 1.30 bits per heavy atom.